The molecule has 3 nitrogen and oxygen atoms in total. The molecule has 0 saturated carbocycles. The molecule has 0 amide bonds. The van der Waals surface area contributed by atoms with Crippen LogP contribution in [0.3, 0.4) is 0 Å². The van der Waals surface area contributed by atoms with E-state index in [2.05, 4.69) is 0 Å². The first-order valence-corrected chi connectivity index (χ1v) is 3.68. The van der Waals surface area contributed by atoms with Gasteiger partial charge in [-0.15, -0.1) is 0 Å². The highest BCUT2D eigenvalue weighted by atomic mass is 16.7. The van der Waals surface area contributed by atoms with Gasteiger partial charge < -0.3 is 9.47 Å². The van der Waals surface area contributed by atoms with Crippen LogP contribution in [0.2, 0.25) is 0 Å². The molecular formula is C8H14O3. The van der Waals surface area contributed by atoms with Gasteiger partial charge in [-0.2, -0.15) is 0 Å². The van der Waals surface area contributed by atoms with Gasteiger partial charge in [-0.05, 0) is 20.8 Å². The predicted octanol–water partition coefficient (Wildman–Crippen LogP) is 1.49. The van der Waals surface area contributed by atoms with Crippen LogP contribution in [0.1, 0.15) is 20.8 Å². The fourth-order valence-electron chi connectivity index (χ4n) is 0.575. The minimum absolute atomic E-state index is 0.0677. The van der Waals surface area contributed by atoms with Crippen LogP contribution in [0.5, 0.6) is 0 Å². The van der Waals surface area contributed by atoms with E-state index in [0.29, 0.717) is 19.2 Å². The molecule has 0 aliphatic rings. The van der Waals surface area contributed by atoms with E-state index in [9.17, 15) is 4.79 Å². The van der Waals surface area contributed by atoms with E-state index in [1.807, 2.05) is 13.8 Å². The van der Waals surface area contributed by atoms with E-state index in [-0.39, 0.29) is 5.78 Å². The Morgan fingerprint density at radius 1 is 1.27 bits per heavy atom. The molecule has 0 radical (unpaired) electrons. The molecule has 0 N–H and O–H groups in total. The van der Waals surface area contributed by atoms with Crippen LogP contribution < -0.4 is 0 Å². The number of carbonyl (C=O) groups excluding carboxylic acids is 1. The lowest BCUT2D eigenvalue weighted by atomic mass is 10.4. The standard InChI is InChI=1S/C8H14O3/c1-4-10-8(11-5-2)6-7(3)9/h6H,4-5H2,1-3H3. The second kappa shape index (κ2) is 5.77. The van der Waals surface area contributed by atoms with Crippen molar-refractivity contribution in [2.24, 2.45) is 0 Å². The van der Waals surface area contributed by atoms with E-state index >= 15 is 0 Å². The zero-order valence-corrected chi connectivity index (χ0v) is 7.22. The summed E-state index contributed by atoms with van der Waals surface area (Å²) in [5.74, 6) is 0.240. The van der Waals surface area contributed by atoms with Gasteiger partial charge in [0.1, 0.15) is 0 Å². The first kappa shape index (κ1) is 10.0. The first-order valence-electron chi connectivity index (χ1n) is 3.68. The Balaban J connectivity index is 3.96. The molecule has 0 aromatic rings. The van der Waals surface area contributed by atoms with Crippen molar-refractivity contribution >= 4 is 5.78 Å². The van der Waals surface area contributed by atoms with E-state index in [0.717, 1.165) is 0 Å². The van der Waals surface area contributed by atoms with Gasteiger partial charge in [0, 0.05) is 0 Å². The van der Waals surface area contributed by atoms with Gasteiger partial charge in [-0.25, -0.2) is 0 Å². The van der Waals surface area contributed by atoms with Crippen LogP contribution in [0, 0.1) is 0 Å². The first-order chi connectivity index (χ1) is 5.20. The summed E-state index contributed by atoms with van der Waals surface area (Å²) in [5, 5.41) is 0. The van der Waals surface area contributed by atoms with Crippen molar-refractivity contribution in [3.63, 3.8) is 0 Å². The van der Waals surface area contributed by atoms with Crippen molar-refractivity contribution in [3.05, 3.63) is 12.0 Å². The molecular weight excluding hydrogens is 144 g/mol. The van der Waals surface area contributed by atoms with E-state index in [1.165, 1.54) is 13.0 Å². The molecule has 0 heterocycles. The van der Waals surface area contributed by atoms with Crippen LogP contribution in [-0.2, 0) is 14.3 Å². The summed E-state index contributed by atoms with van der Waals surface area (Å²) < 4.78 is 10.0. The average molecular weight is 158 g/mol. The van der Waals surface area contributed by atoms with Crippen LogP contribution in [0.15, 0.2) is 12.0 Å². The molecule has 0 aliphatic carbocycles. The van der Waals surface area contributed by atoms with Gasteiger partial charge in [0.05, 0.1) is 19.3 Å². The van der Waals surface area contributed by atoms with Crippen molar-refractivity contribution < 1.29 is 14.3 Å². The van der Waals surface area contributed by atoms with Crippen LogP contribution in [0.25, 0.3) is 0 Å². The normalized spacial score (nSPS) is 8.64. The summed E-state index contributed by atoms with van der Waals surface area (Å²) in [6.07, 6.45) is 1.34. The lowest BCUT2D eigenvalue weighted by Crippen LogP contribution is -1.99. The molecule has 0 spiro atoms. The third-order valence-corrected chi connectivity index (χ3v) is 0.894. The minimum Gasteiger partial charge on any atom is -0.466 e. The number of allylic oxidation sites excluding steroid dienone is 1. The number of rotatable bonds is 5. The lowest BCUT2D eigenvalue weighted by molar-refractivity contribution is -0.113. The summed E-state index contributed by atoms with van der Waals surface area (Å²) >= 11 is 0. The third kappa shape index (κ3) is 5.45. The summed E-state index contributed by atoms with van der Waals surface area (Å²) in [7, 11) is 0. The summed E-state index contributed by atoms with van der Waals surface area (Å²) in [6, 6.07) is 0. The van der Waals surface area contributed by atoms with Crippen LogP contribution >= 0.6 is 0 Å². The molecule has 0 saturated heterocycles. The smallest absolute Gasteiger partial charge is 0.282 e. The summed E-state index contributed by atoms with van der Waals surface area (Å²) in [6.45, 7) is 6.16. The number of carbonyl (C=O) groups is 1. The molecule has 3 heteroatoms. The van der Waals surface area contributed by atoms with Gasteiger partial charge in [0.15, 0.2) is 5.78 Å². The molecule has 0 fully saturated rings. The molecule has 0 aromatic carbocycles. The summed E-state index contributed by atoms with van der Waals surface area (Å²) in [5.41, 5.74) is 0. The Bertz CT molecular complexity index is 141. The molecule has 0 rings (SSSR count). The maximum atomic E-state index is 10.6. The molecule has 0 unspecified atom stereocenters. The van der Waals surface area contributed by atoms with Gasteiger partial charge in [0.2, 0.25) is 0 Å². The Kier molecular flexibility index (Phi) is 5.25. The second-order valence-electron chi connectivity index (χ2n) is 1.94. The monoisotopic (exact) mass is 158 g/mol. The molecule has 0 atom stereocenters. The average Bonchev–Trinajstić information content (AvgIpc) is 1.87. The number of hydrogen-bond donors (Lipinski definition) is 0. The fraction of sp³-hybridized carbons (Fsp3) is 0.625. The van der Waals surface area contributed by atoms with E-state index < -0.39 is 0 Å². The molecule has 11 heavy (non-hydrogen) atoms. The Morgan fingerprint density at radius 3 is 2.00 bits per heavy atom. The van der Waals surface area contributed by atoms with Crippen molar-refractivity contribution in [1.82, 2.24) is 0 Å². The zero-order chi connectivity index (χ0) is 8.69. The van der Waals surface area contributed by atoms with Crippen LogP contribution in [0.4, 0.5) is 0 Å². The Hall–Kier alpha value is -0.990. The minimum atomic E-state index is -0.0677. The second-order valence-corrected chi connectivity index (χ2v) is 1.94. The highest BCUT2D eigenvalue weighted by Crippen LogP contribution is 1.99. The van der Waals surface area contributed by atoms with E-state index in [1.54, 1.807) is 0 Å². The van der Waals surface area contributed by atoms with Crippen molar-refractivity contribution in [1.29, 1.82) is 0 Å². The molecule has 0 bridgehead atoms. The molecule has 64 valence electrons. The maximum Gasteiger partial charge on any atom is 0.282 e. The van der Waals surface area contributed by atoms with Gasteiger partial charge in [0.25, 0.3) is 5.95 Å². The topological polar surface area (TPSA) is 35.5 Å². The number of hydrogen-bond acceptors (Lipinski definition) is 3. The lowest BCUT2D eigenvalue weighted by Gasteiger charge is -2.06. The van der Waals surface area contributed by atoms with Crippen molar-refractivity contribution in [2.45, 2.75) is 20.8 Å². The summed E-state index contributed by atoms with van der Waals surface area (Å²) in [4.78, 5) is 10.6. The zero-order valence-electron chi connectivity index (χ0n) is 7.22. The van der Waals surface area contributed by atoms with Gasteiger partial charge in [-0.3, -0.25) is 4.79 Å². The van der Waals surface area contributed by atoms with E-state index in [4.69, 9.17) is 9.47 Å². The van der Waals surface area contributed by atoms with Gasteiger partial charge in [-0.1, -0.05) is 0 Å². The Labute approximate surface area is 67.0 Å². The fourth-order valence-corrected chi connectivity index (χ4v) is 0.575. The SMILES string of the molecule is CCOC(=CC(C)=O)OCC. The van der Waals surface area contributed by atoms with Crippen LogP contribution in [-0.4, -0.2) is 19.0 Å². The maximum absolute atomic E-state index is 10.6. The van der Waals surface area contributed by atoms with Gasteiger partial charge >= 0.3 is 0 Å². The quantitative estimate of drug-likeness (QED) is 0.449. The van der Waals surface area contributed by atoms with Crippen molar-refractivity contribution in [2.75, 3.05) is 13.2 Å². The molecule has 0 aliphatic heterocycles. The highest BCUT2D eigenvalue weighted by Gasteiger charge is 1.97. The number of ketones is 1. The third-order valence-electron chi connectivity index (χ3n) is 0.894. The largest absolute Gasteiger partial charge is 0.466 e. The Morgan fingerprint density at radius 2 is 1.73 bits per heavy atom. The highest BCUT2D eigenvalue weighted by molar-refractivity contribution is 5.87. The number of ether oxygens (including phenoxy) is 2. The molecule has 0 aromatic heterocycles. The van der Waals surface area contributed by atoms with Crippen molar-refractivity contribution in [3.8, 4) is 0 Å². The predicted molar refractivity (Wildman–Crippen MR) is 42.0 cm³/mol.